The predicted octanol–water partition coefficient (Wildman–Crippen LogP) is 3.17. The number of hydrogen-bond acceptors (Lipinski definition) is 2. The standard InChI is InChI=1S/C10H9ClF4O2/c11-8-3-7(1-2-9(8)12)17-5-6(16)4-10(13,14)15/h1-3,6,16H,4-5H2. The van der Waals surface area contributed by atoms with Crippen molar-refractivity contribution in [2.24, 2.45) is 0 Å². The summed E-state index contributed by atoms with van der Waals surface area (Å²) in [5.74, 6) is -0.563. The smallest absolute Gasteiger partial charge is 0.391 e. The quantitative estimate of drug-likeness (QED) is 0.853. The Balaban J connectivity index is 2.47. The summed E-state index contributed by atoms with van der Waals surface area (Å²) in [5.41, 5.74) is 0. The summed E-state index contributed by atoms with van der Waals surface area (Å²) in [7, 11) is 0. The number of halogens is 5. The minimum absolute atomic E-state index is 0.0950. The molecule has 0 aliphatic heterocycles. The zero-order valence-electron chi connectivity index (χ0n) is 8.47. The predicted molar refractivity (Wildman–Crippen MR) is 53.6 cm³/mol. The third-order valence-electron chi connectivity index (χ3n) is 1.80. The van der Waals surface area contributed by atoms with E-state index in [4.69, 9.17) is 21.4 Å². The van der Waals surface area contributed by atoms with Gasteiger partial charge in [-0.05, 0) is 12.1 Å². The lowest BCUT2D eigenvalue weighted by Crippen LogP contribution is -2.25. The molecule has 0 saturated carbocycles. The van der Waals surface area contributed by atoms with Gasteiger partial charge >= 0.3 is 6.18 Å². The molecule has 1 aromatic rings. The van der Waals surface area contributed by atoms with Crippen LogP contribution in [0.15, 0.2) is 18.2 Å². The van der Waals surface area contributed by atoms with Crippen molar-refractivity contribution in [1.29, 1.82) is 0 Å². The van der Waals surface area contributed by atoms with Crippen LogP contribution in [0.3, 0.4) is 0 Å². The Morgan fingerprint density at radius 3 is 2.53 bits per heavy atom. The highest BCUT2D eigenvalue weighted by Gasteiger charge is 2.31. The van der Waals surface area contributed by atoms with Gasteiger partial charge in [-0.2, -0.15) is 13.2 Å². The van der Waals surface area contributed by atoms with Crippen molar-refractivity contribution in [3.63, 3.8) is 0 Å². The molecular weight excluding hydrogens is 264 g/mol. The van der Waals surface area contributed by atoms with Crippen LogP contribution in [0.2, 0.25) is 5.02 Å². The highest BCUT2D eigenvalue weighted by molar-refractivity contribution is 6.30. The molecule has 0 aromatic heterocycles. The normalized spacial score (nSPS) is 13.5. The Hall–Kier alpha value is -1.01. The minimum Gasteiger partial charge on any atom is -0.491 e. The molecular formula is C10H9ClF4O2. The van der Waals surface area contributed by atoms with E-state index in [-0.39, 0.29) is 10.8 Å². The van der Waals surface area contributed by atoms with E-state index in [1.54, 1.807) is 0 Å². The topological polar surface area (TPSA) is 29.5 Å². The van der Waals surface area contributed by atoms with Gasteiger partial charge in [-0.25, -0.2) is 4.39 Å². The molecule has 1 rings (SSSR count). The molecule has 7 heteroatoms. The molecule has 2 nitrogen and oxygen atoms in total. The Bertz CT molecular complexity index is 381. The molecule has 1 aromatic carbocycles. The van der Waals surface area contributed by atoms with Gasteiger partial charge in [0.1, 0.15) is 18.2 Å². The van der Waals surface area contributed by atoms with Crippen molar-refractivity contribution in [2.45, 2.75) is 18.7 Å². The molecule has 0 saturated heterocycles. The van der Waals surface area contributed by atoms with Gasteiger partial charge in [0.2, 0.25) is 0 Å². The van der Waals surface area contributed by atoms with Crippen LogP contribution in [0, 0.1) is 5.82 Å². The van der Waals surface area contributed by atoms with E-state index in [1.807, 2.05) is 0 Å². The van der Waals surface area contributed by atoms with Gasteiger partial charge in [-0.1, -0.05) is 11.6 Å². The van der Waals surface area contributed by atoms with Crippen LogP contribution in [0.4, 0.5) is 17.6 Å². The van der Waals surface area contributed by atoms with Crippen LogP contribution in [0.1, 0.15) is 6.42 Å². The van der Waals surface area contributed by atoms with Gasteiger partial charge in [0, 0.05) is 6.07 Å². The zero-order valence-corrected chi connectivity index (χ0v) is 9.22. The molecule has 0 aliphatic carbocycles. The van der Waals surface area contributed by atoms with Gasteiger partial charge in [-0.3, -0.25) is 0 Å². The molecule has 0 heterocycles. The number of alkyl halides is 3. The Morgan fingerprint density at radius 1 is 1.35 bits per heavy atom. The van der Waals surface area contributed by atoms with E-state index < -0.39 is 31.1 Å². The zero-order chi connectivity index (χ0) is 13.1. The Morgan fingerprint density at radius 2 is 2.00 bits per heavy atom. The first-order valence-corrected chi connectivity index (χ1v) is 4.98. The van der Waals surface area contributed by atoms with Crippen LogP contribution in [-0.2, 0) is 0 Å². The molecule has 0 bridgehead atoms. The number of benzene rings is 1. The Labute approximate surface area is 99.8 Å². The molecule has 1 unspecified atom stereocenters. The number of aliphatic hydroxyl groups excluding tert-OH is 1. The van der Waals surface area contributed by atoms with E-state index in [0.29, 0.717) is 0 Å². The number of rotatable bonds is 4. The summed E-state index contributed by atoms with van der Waals surface area (Å²) in [6.07, 6.45) is -7.48. The molecule has 0 amide bonds. The molecule has 1 atom stereocenters. The second kappa shape index (κ2) is 5.55. The van der Waals surface area contributed by atoms with E-state index in [2.05, 4.69) is 0 Å². The van der Waals surface area contributed by atoms with Crippen LogP contribution >= 0.6 is 11.6 Å². The van der Waals surface area contributed by atoms with E-state index >= 15 is 0 Å². The third-order valence-corrected chi connectivity index (χ3v) is 2.09. The molecule has 0 radical (unpaired) electrons. The van der Waals surface area contributed by atoms with Gasteiger partial charge in [0.15, 0.2) is 0 Å². The van der Waals surface area contributed by atoms with E-state index in [0.717, 1.165) is 12.1 Å². The molecule has 1 N–H and O–H groups in total. The maximum atomic E-state index is 12.7. The fourth-order valence-electron chi connectivity index (χ4n) is 1.09. The maximum Gasteiger partial charge on any atom is 0.391 e. The average molecular weight is 273 g/mol. The van der Waals surface area contributed by atoms with Gasteiger partial charge in [0.25, 0.3) is 0 Å². The highest BCUT2D eigenvalue weighted by atomic mass is 35.5. The van der Waals surface area contributed by atoms with Crippen LogP contribution in [0.5, 0.6) is 5.75 Å². The monoisotopic (exact) mass is 272 g/mol. The summed E-state index contributed by atoms with van der Waals surface area (Å²) >= 11 is 5.44. The first kappa shape index (κ1) is 14.1. The van der Waals surface area contributed by atoms with Crippen molar-refractivity contribution >= 4 is 11.6 Å². The van der Waals surface area contributed by atoms with Crippen molar-refractivity contribution < 1.29 is 27.4 Å². The third kappa shape index (κ3) is 5.23. The van der Waals surface area contributed by atoms with Gasteiger partial charge in [-0.15, -0.1) is 0 Å². The summed E-state index contributed by atoms with van der Waals surface area (Å²) in [4.78, 5) is 0. The van der Waals surface area contributed by atoms with Crippen LogP contribution < -0.4 is 4.74 Å². The van der Waals surface area contributed by atoms with Crippen molar-refractivity contribution in [3.05, 3.63) is 29.0 Å². The fraction of sp³-hybridized carbons (Fsp3) is 0.400. The largest absolute Gasteiger partial charge is 0.491 e. The maximum absolute atomic E-state index is 12.7. The second-order valence-corrected chi connectivity index (χ2v) is 3.77. The lowest BCUT2D eigenvalue weighted by molar-refractivity contribution is -0.156. The van der Waals surface area contributed by atoms with Crippen LogP contribution in [0.25, 0.3) is 0 Å². The number of aliphatic hydroxyl groups is 1. The number of hydrogen-bond donors (Lipinski definition) is 1. The molecule has 0 spiro atoms. The first-order chi connectivity index (χ1) is 7.78. The lowest BCUT2D eigenvalue weighted by Gasteiger charge is -2.14. The SMILES string of the molecule is OC(COc1ccc(F)c(Cl)c1)CC(F)(F)F. The van der Waals surface area contributed by atoms with Crippen molar-refractivity contribution in [1.82, 2.24) is 0 Å². The summed E-state index contributed by atoms with van der Waals surface area (Å²) in [6.45, 7) is -0.540. The number of ether oxygens (including phenoxy) is 1. The highest BCUT2D eigenvalue weighted by Crippen LogP contribution is 2.23. The Kier molecular flexibility index (Phi) is 4.59. The summed E-state index contributed by atoms with van der Waals surface area (Å²) < 4.78 is 53.2. The fourth-order valence-corrected chi connectivity index (χ4v) is 1.26. The second-order valence-electron chi connectivity index (χ2n) is 3.36. The first-order valence-electron chi connectivity index (χ1n) is 4.60. The van der Waals surface area contributed by atoms with Crippen molar-refractivity contribution in [2.75, 3.05) is 6.61 Å². The van der Waals surface area contributed by atoms with E-state index in [9.17, 15) is 17.6 Å². The van der Waals surface area contributed by atoms with Gasteiger partial charge < -0.3 is 9.84 Å². The average Bonchev–Trinajstić information content (AvgIpc) is 2.17. The summed E-state index contributed by atoms with van der Waals surface area (Å²) in [6, 6.07) is 3.35. The molecule has 17 heavy (non-hydrogen) atoms. The lowest BCUT2D eigenvalue weighted by atomic mass is 10.2. The van der Waals surface area contributed by atoms with Crippen LogP contribution in [-0.4, -0.2) is 24.0 Å². The van der Waals surface area contributed by atoms with E-state index in [1.165, 1.54) is 6.07 Å². The summed E-state index contributed by atoms with van der Waals surface area (Å²) in [5, 5.41) is 8.82. The minimum atomic E-state index is -4.46. The molecule has 0 fully saturated rings. The molecule has 0 aliphatic rings. The van der Waals surface area contributed by atoms with Crippen molar-refractivity contribution in [3.8, 4) is 5.75 Å². The molecule has 96 valence electrons. The van der Waals surface area contributed by atoms with Gasteiger partial charge in [0.05, 0.1) is 17.5 Å².